The zero-order valence-corrected chi connectivity index (χ0v) is 15.9. The molecule has 3 heteroatoms. The van der Waals surface area contributed by atoms with Crippen LogP contribution in [-0.4, -0.2) is 16.9 Å². The van der Waals surface area contributed by atoms with Crippen LogP contribution in [0.3, 0.4) is 0 Å². The Hall–Kier alpha value is -3.59. The summed E-state index contributed by atoms with van der Waals surface area (Å²) in [5, 5.41) is 5.03. The molecule has 3 nitrogen and oxygen atoms in total. The van der Waals surface area contributed by atoms with Crippen LogP contribution in [0, 0.1) is 0 Å². The van der Waals surface area contributed by atoms with Gasteiger partial charge in [-0.3, -0.25) is 0 Å². The number of benzene rings is 3. The van der Waals surface area contributed by atoms with Gasteiger partial charge in [-0.15, -0.1) is 6.58 Å². The molecule has 0 aliphatic carbocycles. The molecule has 0 aliphatic heterocycles. The normalized spacial score (nSPS) is 10.6. The van der Waals surface area contributed by atoms with Gasteiger partial charge in [0.25, 0.3) is 0 Å². The Balaban J connectivity index is 1.99. The number of ether oxygens (including phenoxy) is 1. The molecular weight excluding hydrogens is 344 g/mol. The zero-order chi connectivity index (χ0) is 19.3. The van der Waals surface area contributed by atoms with Crippen LogP contribution in [0.1, 0.15) is 5.56 Å². The lowest BCUT2D eigenvalue weighted by molar-refractivity contribution is 0.414. The van der Waals surface area contributed by atoms with E-state index in [0.29, 0.717) is 0 Å². The molecule has 4 rings (SSSR count). The van der Waals surface area contributed by atoms with Gasteiger partial charge in [-0.05, 0) is 30.7 Å². The molecule has 0 bridgehead atoms. The number of methoxy groups -OCH3 is 1. The molecule has 1 heterocycles. The molecule has 0 N–H and O–H groups in total. The molecule has 0 radical (unpaired) electrons. The molecule has 28 heavy (non-hydrogen) atoms. The van der Waals surface area contributed by atoms with E-state index in [1.807, 2.05) is 59.3 Å². The first-order valence-corrected chi connectivity index (χ1v) is 9.30. The van der Waals surface area contributed by atoms with Gasteiger partial charge in [-0.1, -0.05) is 66.7 Å². The number of nitrogens with zero attached hydrogens (tertiary/aromatic N) is 2. The maximum Gasteiger partial charge on any atom is 0.119 e. The highest BCUT2D eigenvalue weighted by molar-refractivity contribution is 5.76. The van der Waals surface area contributed by atoms with Crippen molar-refractivity contribution in [2.75, 3.05) is 7.11 Å². The Morgan fingerprint density at radius 1 is 0.857 bits per heavy atom. The topological polar surface area (TPSA) is 27.1 Å². The van der Waals surface area contributed by atoms with Crippen LogP contribution in [0.5, 0.6) is 5.75 Å². The van der Waals surface area contributed by atoms with Crippen LogP contribution < -0.4 is 4.74 Å². The van der Waals surface area contributed by atoms with Crippen LogP contribution in [-0.2, 0) is 6.42 Å². The van der Waals surface area contributed by atoms with Crippen molar-refractivity contribution in [3.8, 4) is 34.0 Å². The van der Waals surface area contributed by atoms with Gasteiger partial charge in [0.1, 0.15) is 5.75 Å². The van der Waals surface area contributed by atoms with E-state index in [4.69, 9.17) is 9.84 Å². The zero-order valence-electron chi connectivity index (χ0n) is 15.9. The Kier molecular flexibility index (Phi) is 5.07. The van der Waals surface area contributed by atoms with Gasteiger partial charge in [0.05, 0.1) is 24.2 Å². The van der Waals surface area contributed by atoms with Crippen LogP contribution in [0.2, 0.25) is 0 Å². The minimum absolute atomic E-state index is 0.741. The molecule has 0 atom stereocenters. The van der Waals surface area contributed by atoms with E-state index in [2.05, 4.69) is 43.0 Å². The molecule has 0 amide bonds. The summed E-state index contributed by atoms with van der Waals surface area (Å²) in [4.78, 5) is 0. The van der Waals surface area contributed by atoms with Crippen molar-refractivity contribution in [3.05, 3.63) is 103 Å². The van der Waals surface area contributed by atoms with Gasteiger partial charge in [0.15, 0.2) is 0 Å². The van der Waals surface area contributed by atoms with E-state index in [1.165, 1.54) is 5.56 Å². The number of allylic oxidation sites excluding steroid dienone is 1. The molecule has 0 aliphatic rings. The molecule has 0 unspecified atom stereocenters. The second-order valence-corrected chi connectivity index (χ2v) is 6.51. The van der Waals surface area contributed by atoms with Gasteiger partial charge < -0.3 is 4.74 Å². The van der Waals surface area contributed by atoms with Crippen LogP contribution in [0.15, 0.2) is 97.6 Å². The van der Waals surface area contributed by atoms with Crippen molar-refractivity contribution >= 4 is 0 Å². The lowest BCUT2D eigenvalue weighted by Gasteiger charge is -2.10. The first-order chi connectivity index (χ1) is 13.8. The summed E-state index contributed by atoms with van der Waals surface area (Å²) >= 11 is 0. The Labute approximate surface area is 165 Å². The standard InChI is InChI=1S/C25H22N2O/c1-3-10-23-24(19-11-6-4-7-12-19)26-27(21-15-17-22(28-2)18-16-21)25(23)20-13-8-5-9-14-20/h3-9,11-18H,1,10H2,2H3. The minimum atomic E-state index is 0.741. The Morgan fingerprint density at radius 2 is 1.46 bits per heavy atom. The van der Waals surface area contributed by atoms with Crippen molar-refractivity contribution in [3.63, 3.8) is 0 Å². The number of aromatic nitrogens is 2. The molecule has 4 aromatic rings. The van der Waals surface area contributed by atoms with Crippen LogP contribution >= 0.6 is 0 Å². The van der Waals surface area contributed by atoms with E-state index >= 15 is 0 Å². The molecule has 3 aromatic carbocycles. The average molecular weight is 366 g/mol. The highest BCUT2D eigenvalue weighted by atomic mass is 16.5. The van der Waals surface area contributed by atoms with E-state index < -0.39 is 0 Å². The maximum atomic E-state index is 5.31. The fourth-order valence-corrected chi connectivity index (χ4v) is 3.42. The first kappa shape index (κ1) is 17.8. The van der Waals surface area contributed by atoms with Crippen molar-refractivity contribution < 1.29 is 4.74 Å². The summed E-state index contributed by atoms with van der Waals surface area (Å²) < 4.78 is 7.34. The summed E-state index contributed by atoms with van der Waals surface area (Å²) in [5.74, 6) is 0.826. The second-order valence-electron chi connectivity index (χ2n) is 6.51. The third-order valence-electron chi connectivity index (χ3n) is 4.74. The molecule has 0 fully saturated rings. The monoisotopic (exact) mass is 366 g/mol. The highest BCUT2D eigenvalue weighted by Gasteiger charge is 2.20. The molecule has 0 saturated heterocycles. The van der Waals surface area contributed by atoms with Gasteiger partial charge in [-0.25, -0.2) is 4.68 Å². The lowest BCUT2D eigenvalue weighted by atomic mass is 9.99. The second kappa shape index (κ2) is 7.97. The smallest absolute Gasteiger partial charge is 0.119 e. The van der Waals surface area contributed by atoms with Gasteiger partial charge in [0, 0.05) is 16.7 Å². The summed E-state index contributed by atoms with van der Waals surface area (Å²) in [6.07, 6.45) is 2.68. The van der Waals surface area contributed by atoms with Gasteiger partial charge in [-0.2, -0.15) is 5.10 Å². The third kappa shape index (κ3) is 3.35. The van der Waals surface area contributed by atoms with E-state index in [-0.39, 0.29) is 0 Å². The number of rotatable bonds is 6. The largest absolute Gasteiger partial charge is 0.497 e. The third-order valence-corrected chi connectivity index (χ3v) is 4.74. The Morgan fingerprint density at radius 3 is 2.04 bits per heavy atom. The fraction of sp³-hybridized carbons (Fsp3) is 0.0800. The molecule has 138 valence electrons. The molecule has 1 aromatic heterocycles. The average Bonchev–Trinajstić information content (AvgIpc) is 3.14. The maximum absolute atomic E-state index is 5.31. The molecular formula is C25H22N2O. The summed E-state index contributed by atoms with van der Waals surface area (Å²) in [7, 11) is 1.67. The van der Waals surface area contributed by atoms with Crippen LogP contribution in [0.25, 0.3) is 28.2 Å². The quantitative estimate of drug-likeness (QED) is 0.395. The fourth-order valence-electron chi connectivity index (χ4n) is 3.42. The van der Waals surface area contributed by atoms with Crippen LogP contribution in [0.4, 0.5) is 0 Å². The molecule has 0 saturated carbocycles. The SMILES string of the molecule is C=CCc1c(-c2ccccc2)nn(-c2ccc(OC)cc2)c1-c1ccccc1. The predicted octanol–water partition coefficient (Wildman–Crippen LogP) is 5.94. The predicted molar refractivity (Wildman–Crippen MR) is 115 cm³/mol. The number of hydrogen-bond acceptors (Lipinski definition) is 2. The van der Waals surface area contributed by atoms with E-state index in [0.717, 1.165) is 40.4 Å². The van der Waals surface area contributed by atoms with Crippen molar-refractivity contribution in [2.24, 2.45) is 0 Å². The molecule has 0 spiro atoms. The van der Waals surface area contributed by atoms with Crippen molar-refractivity contribution in [1.82, 2.24) is 9.78 Å². The summed E-state index contributed by atoms with van der Waals surface area (Å²) in [6.45, 7) is 3.98. The van der Waals surface area contributed by atoms with E-state index in [9.17, 15) is 0 Å². The lowest BCUT2D eigenvalue weighted by Crippen LogP contribution is -2.00. The van der Waals surface area contributed by atoms with Gasteiger partial charge >= 0.3 is 0 Å². The van der Waals surface area contributed by atoms with Crippen molar-refractivity contribution in [2.45, 2.75) is 6.42 Å². The first-order valence-electron chi connectivity index (χ1n) is 9.30. The summed E-state index contributed by atoms with van der Waals surface area (Å²) in [5.41, 5.74) is 6.46. The van der Waals surface area contributed by atoms with Gasteiger partial charge in [0.2, 0.25) is 0 Å². The summed E-state index contributed by atoms with van der Waals surface area (Å²) in [6, 6.07) is 28.7. The highest BCUT2D eigenvalue weighted by Crippen LogP contribution is 2.35. The van der Waals surface area contributed by atoms with E-state index in [1.54, 1.807) is 7.11 Å². The Bertz CT molecular complexity index is 1070. The minimum Gasteiger partial charge on any atom is -0.497 e. The van der Waals surface area contributed by atoms with Crippen molar-refractivity contribution in [1.29, 1.82) is 0 Å². The number of hydrogen-bond donors (Lipinski definition) is 0.